The summed E-state index contributed by atoms with van der Waals surface area (Å²) in [4.78, 5) is 24.8. The highest BCUT2D eigenvalue weighted by molar-refractivity contribution is 7.89. The number of rotatable bonds is 8. The number of aryl methyl sites for hydroxylation is 2. The molecule has 1 atom stereocenters. The Balaban J connectivity index is 1.69. The zero-order chi connectivity index (χ0) is 22.6. The molecular formula is C23H25NO6S. The van der Waals surface area contributed by atoms with Gasteiger partial charge in [0.05, 0.1) is 7.11 Å². The number of hydrogen-bond acceptors (Lipinski definition) is 6. The number of sulfonamides is 1. The second-order valence-electron chi connectivity index (χ2n) is 7.23. The number of carbonyl (C=O) groups is 2. The van der Waals surface area contributed by atoms with Crippen molar-refractivity contribution in [2.45, 2.75) is 37.2 Å². The minimum atomic E-state index is -3.74. The van der Waals surface area contributed by atoms with Gasteiger partial charge < -0.3 is 9.47 Å². The number of nitrogens with one attached hydrogen (secondary N) is 1. The standard InChI is InChI=1S/C23H25NO6S/c1-15(23(26)19-10-9-17-5-4-6-18(17)14-19)30-22(25)12-8-16-7-11-20(29-3)21(13-16)31(27,28)24-2/h7-15,24H,4-6H2,1-3H3/b12-8+. The van der Waals surface area contributed by atoms with Gasteiger partial charge in [-0.3, -0.25) is 4.79 Å². The molecule has 1 aliphatic carbocycles. The van der Waals surface area contributed by atoms with Crippen LogP contribution in [-0.4, -0.2) is 40.4 Å². The molecule has 2 aromatic carbocycles. The monoisotopic (exact) mass is 443 g/mol. The summed E-state index contributed by atoms with van der Waals surface area (Å²) in [5, 5.41) is 0. The summed E-state index contributed by atoms with van der Waals surface area (Å²) in [6.45, 7) is 1.53. The molecule has 0 heterocycles. The van der Waals surface area contributed by atoms with Crippen molar-refractivity contribution in [3.8, 4) is 5.75 Å². The van der Waals surface area contributed by atoms with Crippen LogP contribution in [0.1, 0.15) is 40.4 Å². The lowest BCUT2D eigenvalue weighted by molar-refractivity contribution is -0.140. The lowest BCUT2D eigenvalue weighted by atomic mass is 10.0. The molecule has 0 saturated carbocycles. The van der Waals surface area contributed by atoms with Crippen molar-refractivity contribution in [2.24, 2.45) is 0 Å². The van der Waals surface area contributed by atoms with Crippen molar-refractivity contribution in [2.75, 3.05) is 14.2 Å². The first-order chi connectivity index (χ1) is 14.7. The summed E-state index contributed by atoms with van der Waals surface area (Å²) in [6.07, 6.45) is 4.72. The van der Waals surface area contributed by atoms with Crippen molar-refractivity contribution in [1.82, 2.24) is 4.72 Å². The first kappa shape index (κ1) is 22.7. The topological polar surface area (TPSA) is 98.8 Å². The molecular weight excluding hydrogens is 418 g/mol. The molecule has 0 saturated heterocycles. The molecule has 1 unspecified atom stereocenters. The van der Waals surface area contributed by atoms with E-state index in [1.807, 2.05) is 12.1 Å². The van der Waals surface area contributed by atoms with Gasteiger partial charge in [-0.1, -0.05) is 18.2 Å². The molecule has 1 aliphatic rings. The van der Waals surface area contributed by atoms with Crippen LogP contribution in [0, 0.1) is 0 Å². The van der Waals surface area contributed by atoms with Crippen LogP contribution in [0.15, 0.2) is 47.4 Å². The van der Waals surface area contributed by atoms with Crippen LogP contribution in [0.4, 0.5) is 0 Å². The number of esters is 1. The van der Waals surface area contributed by atoms with E-state index in [1.165, 1.54) is 50.4 Å². The van der Waals surface area contributed by atoms with Crippen LogP contribution in [0.2, 0.25) is 0 Å². The molecule has 0 bridgehead atoms. The predicted molar refractivity (Wildman–Crippen MR) is 117 cm³/mol. The normalized spacial score (nSPS) is 14.3. The Kier molecular flexibility index (Phi) is 6.92. The number of carbonyl (C=O) groups excluding carboxylic acids is 2. The molecule has 0 aliphatic heterocycles. The predicted octanol–water partition coefficient (Wildman–Crippen LogP) is 2.92. The third-order valence-electron chi connectivity index (χ3n) is 5.20. The van der Waals surface area contributed by atoms with Crippen LogP contribution in [0.5, 0.6) is 5.75 Å². The maximum atomic E-state index is 12.6. The summed E-state index contributed by atoms with van der Waals surface area (Å²) in [5.74, 6) is -0.776. The van der Waals surface area contributed by atoms with Crippen LogP contribution in [0.25, 0.3) is 6.08 Å². The van der Waals surface area contributed by atoms with E-state index in [0.717, 1.165) is 25.3 Å². The summed E-state index contributed by atoms with van der Waals surface area (Å²) in [6, 6.07) is 10.1. The summed E-state index contributed by atoms with van der Waals surface area (Å²) in [5.41, 5.74) is 3.44. The van der Waals surface area contributed by atoms with Crippen molar-refractivity contribution in [1.29, 1.82) is 0 Å². The quantitative estimate of drug-likeness (QED) is 0.383. The van der Waals surface area contributed by atoms with Crippen molar-refractivity contribution in [3.63, 3.8) is 0 Å². The number of fused-ring (bicyclic) bond motifs is 1. The maximum Gasteiger partial charge on any atom is 0.331 e. The fraction of sp³-hybridized carbons (Fsp3) is 0.304. The van der Waals surface area contributed by atoms with E-state index < -0.39 is 22.1 Å². The van der Waals surface area contributed by atoms with Gasteiger partial charge in [-0.2, -0.15) is 0 Å². The van der Waals surface area contributed by atoms with Gasteiger partial charge in [-0.25, -0.2) is 17.9 Å². The summed E-state index contributed by atoms with van der Waals surface area (Å²) < 4.78 is 36.9. The Morgan fingerprint density at radius 3 is 2.55 bits per heavy atom. The number of benzene rings is 2. The second-order valence-corrected chi connectivity index (χ2v) is 9.09. The largest absolute Gasteiger partial charge is 0.495 e. The lowest BCUT2D eigenvalue weighted by Crippen LogP contribution is -2.23. The zero-order valence-electron chi connectivity index (χ0n) is 17.7. The molecule has 31 heavy (non-hydrogen) atoms. The smallest absolute Gasteiger partial charge is 0.331 e. The minimum Gasteiger partial charge on any atom is -0.495 e. The van der Waals surface area contributed by atoms with Gasteiger partial charge >= 0.3 is 5.97 Å². The Morgan fingerprint density at radius 1 is 1.10 bits per heavy atom. The fourth-order valence-electron chi connectivity index (χ4n) is 3.51. The molecule has 1 N–H and O–H groups in total. The summed E-state index contributed by atoms with van der Waals surface area (Å²) in [7, 11) is -1.07. The van der Waals surface area contributed by atoms with Crippen LogP contribution < -0.4 is 9.46 Å². The molecule has 0 amide bonds. The molecule has 8 heteroatoms. The van der Waals surface area contributed by atoms with E-state index in [-0.39, 0.29) is 16.4 Å². The highest BCUT2D eigenvalue weighted by Gasteiger charge is 2.21. The van der Waals surface area contributed by atoms with Gasteiger partial charge in [0.2, 0.25) is 15.8 Å². The van der Waals surface area contributed by atoms with E-state index in [0.29, 0.717) is 11.1 Å². The summed E-state index contributed by atoms with van der Waals surface area (Å²) >= 11 is 0. The zero-order valence-corrected chi connectivity index (χ0v) is 18.5. The first-order valence-corrected chi connectivity index (χ1v) is 11.4. The third-order valence-corrected chi connectivity index (χ3v) is 6.64. The van der Waals surface area contributed by atoms with Gasteiger partial charge in [-0.15, -0.1) is 0 Å². The fourth-order valence-corrected chi connectivity index (χ4v) is 4.44. The molecule has 164 valence electrons. The van der Waals surface area contributed by atoms with Crippen molar-refractivity contribution >= 4 is 27.9 Å². The number of methoxy groups -OCH3 is 1. The Labute approximate surface area is 182 Å². The molecule has 0 spiro atoms. The average Bonchev–Trinajstić information content (AvgIpc) is 3.24. The Hall–Kier alpha value is -2.97. The Bertz CT molecular complexity index is 1140. The molecule has 0 aromatic heterocycles. The average molecular weight is 444 g/mol. The highest BCUT2D eigenvalue weighted by atomic mass is 32.2. The number of hydrogen-bond donors (Lipinski definition) is 1. The number of Topliss-reactive ketones (excluding diaryl/α,β-unsaturated/α-hetero) is 1. The van der Waals surface area contributed by atoms with Gasteiger partial charge in [-0.05, 0) is 74.2 Å². The van der Waals surface area contributed by atoms with E-state index in [1.54, 1.807) is 12.1 Å². The van der Waals surface area contributed by atoms with Crippen LogP contribution in [0.3, 0.4) is 0 Å². The van der Waals surface area contributed by atoms with Crippen LogP contribution in [-0.2, 0) is 32.4 Å². The Morgan fingerprint density at radius 2 is 1.84 bits per heavy atom. The molecule has 0 fully saturated rings. The van der Waals surface area contributed by atoms with E-state index in [4.69, 9.17) is 9.47 Å². The van der Waals surface area contributed by atoms with Gasteiger partial charge in [0.25, 0.3) is 0 Å². The minimum absolute atomic E-state index is 0.0480. The van der Waals surface area contributed by atoms with Crippen molar-refractivity contribution in [3.05, 3.63) is 64.7 Å². The molecule has 2 aromatic rings. The highest BCUT2D eigenvalue weighted by Crippen LogP contribution is 2.25. The first-order valence-electron chi connectivity index (χ1n) is 9.91. The van der Waals surface area contributed by atoms with Crippen molar-refractivity contribution < 1.29 is 27.5 Å². The number of ether oxygens (including phenoxy) is 2. The van der Waals surface area contributed by atoms with Gasteiger partial charge in [0, 0.05) is 11.6 Å². The van der Waals surface area contributed by atoms with Gasteiger partial charge in [0.15, 0.2) is 6.10 Å². The SMILES string of the molecule is CNS(=O)(=O)c1cc(/C=C/C(=O)OC(C)C(=O)c2ccc3c(c2)CCC3)ccc1OC. The second kappa shape index (κ2) is 9.45. The molecule has 0 radical (unpaired) electrons. The van der Waals surface area contributed by atoms with E-state index in [2.05, 4.69) is 4.72 Å². The maximum absolute atomic E-state index is 12.6. The van der Waals surface area contributed by atoms with E-state index >= 15 is 0 Å². The third kappa shape index (κ3) is 5.21. The number of ketones is 1. The lowest BCUT2D eigenvalue weighted by Gasteiger charge is -2.12. The van der Waals surface area contributed by atoms with Gasteiger partial charge in [0.1, 0.15) is 10.6 Å². The van der Waals surface area contributed by atoms with Crippen LogP contribution >= 0.6 is 0 Å². The van der Waals surface area contributed by atoms with E-state index in [9.17, 15) is 18.0 Å². The molecule has 7 nitrogen and oxygen atoms in total. The molecule has 3 rings (SSSR count).